The second kappa shape index (κ2) is 11.5. The number of rotatable bonds is 10. The molecule has 1 aromatic carbocycles. The minimum atomic E-state index is -0.848. The molecule has 2 N–H and O–H groups in total. The molecule has 2 aromatic heterocycles. The normalized spacial score (nSPS) is 22.2. The number of amides is 3. The highest BCUT2D eigenvalue weighted by atomic mass is 16.5. The lowest BCUT2D eigenvalue weighted by atomic mass is 9.67. The van der Waals surface area contributed by atoms with Crippen LogP contribution in [-0.2, 0) is 31.1 Å². The van der Waals surface area contributed by atoms with Gasteiger partial charge in [0.05, 0.1) is 17.7 Å². The van der Waals surface area contributed by atoms with Crippen molar-refractivity contribution in [2.45, 2.75) is 52.0 Å². The number of piperidine rings is 1. The van der Waals surface area contributed by atoms with E-state index >= 15 is 0 Å². The van der Waals surface area contributed by atoms with E-state index in [-0.39, 0.29) is 24.1 Å². The predicted molar refractivity (Wildman–Crippen MR) is 152 cm³/mol. The molecule has 2 aliphatic rings. The van der Waals surface area contributed by atoms with Crippen molar-refractivity contribution < 1.29 is 23.5 Å². The van der Waals surface area contributed by atoms with Gasteiger partial charge in [0, 0.05) is 74.4 Å². The number of carbonyl (C=O) groups is 3. The maximum absolute atomic E-state index is 14.1. The summed E-state index contributed by atoms with van der Waals surface area (Å²) in [5.41, 5.74) is 3.15. The maximum Gasteiger partial charge on any atom is 0.228 e. The van der Waals surface area contributed by atoms with E-state index in [2.05, 4.69) is 28.5 Å². The quantitative estimate of drug-likeness (QED) is 0.372. The van der Waals surface area contributed by atoms with E-state index in [0.717, 1.165) is 33.5 Å². The maximum atomic E-state index is 14.1. The van der Waals surface area contributed by atoms with Crippen LogP contribution in [0.4, 0.5) is 0 Å². The van der Waals surface area contributed by atoms with E-state index in [4.69, 9.17) is 9.15 Å². The fourth-order valence-corrected chi connectivity index (χ4v) is 6.68. The van der Waals surface area contributed by atoms with Crippen LogP contribution in [0.1, 0.15) is 51.3 Å². The molecule has 0 aliphatic carbocycles. The lowest BCUT2D eigenvalue weighted by Gasteiger charge is -2.54. The zero-order chi connectivity index (χ0) is 28.4. The standard InChI is InChI=1S/C31H40N4O5/c1-5-34(6-2)30(38)24-17-21(19-27(36)32-13-8-15-39-4)29(37)35-14-12-23-22-11-10-20(26-9-7-16-40-26)18-25(22)33-28(23)31(24,35)3/h7,9-11,16,18,21,24,33H,5-6,8,12-15,17,19H2,1-4H3,(H,32,36)/t21-,24-,31+/m1/s1. The van der Waals surface area contributed by atoms with Crippen molar-refractivity contribution in [1.82, 2.24) is 20.1 Å². The topological polar surface area (TPSA) is 108 Å². The summed E-state index contributed by atoms with van der Waals surface area (Å²) >= 11 is 0. The Hall–Kier alpha value is -3.59. The van der Waals surface area contributed by atoms with Gasteiger partial charge in [0.25, 0.3) is 0 Å². The van der Waals surface area contributed by atoms with E-state index in [0.29, 0.717) is 52.0 Å². The van der Waals surface area contributed by atoms with Gasteiger partial charge in [-0.15, -0.1) is 0 Å². The van der Waals surface area contributed by atoms with E-state index in [1.54, 1.807) is 13.4 Å². The highest BCUT2D eigenvalue weighted by Gasteiger charge is 2.57. The first kappa shape index (κ1) is 28.0. The van der Waals surface area contributed by atoms with Gasteiger partial charge < -0.3 is 29.3 Å². The zero-order valence-corrected chi connectivity index (χ0v) is 23.9. The van der Waals surface area contributed by atoms with Crippen LogP contribution in [0.2, 0.25) is 0 Å². The lowest BCUT2D eigenvalue weighted by molar-refractivity contribution is -0.164. The first-order valence-electron chi connectivity index (χ1n) is 14.4. The van der Waals surface area contributed by atoms with E-state index in [1.807, 2.05) is 42.7 Å². The smallest absolute Gasteiger partial charge is 0.228 e. The molecule has 0 saturated carbocycles. The Balaban J connectivity index is 1.52. The van der Waals surface area contributed by atoms with Gasteiger partial charge >= 0.3 is 0 Å². The summed E-state index contributed by atoms with van der Waals surface area (Å²) < 4.78 is 10.7. The van der Waals surface area contributed by atoms with Gasteiger partial charge in [-0.25, -0.2) is 0 Å². The highest BCUT2D eigenvalue weighted by Crippen LogP contribution is 2.50. The molecule has 1 fully saturated rings. The molecule has 0 bridgehead atoms. The summed E-state index contributed by atoms with van der Waals surface area (Å²) in [6.07, 6.45) is 3.45. The summed E-state index contributed by atoms with van der Waals surface area (Å²) in [6, 6.07) is 10.0. The number of aromatic amines is 1. The fourth-order valence-electron chi connectivity index (χ4n) is 6.68. The Labute approximate surface area is 235 Å². The number of ether oxygens (including phenoxy) is 1. The van der Waals surface area contributed by atoms with Gasteiger partial charge in [-0.3, -0.25) is 14.4 Å². The molecular weight excluding hydrogens is 508 g/mol. The number of carbonyl (C=O) groups excluding carboxylic acids is 3. The number of nitrogens with one attached hydrogen (secondary N) is 2. The molecule has 5 rings (SSSR count). The molecule has 0 spiro atoms. The van der Waals surface area contributed by atoms with Gasteiger partial charge in [0.15, 0.2) is 0 Å². The summed E-state index contributed by atoms with van der Waals surface area (Å²) in [5.74, 6) is -0.435. The molecule has 0 unspecified atom stereocenters. The largest absolute Gasteiger partial charge is 0.464 e. The first-order chi connectivity index (χ1) is 19.3. The van der Waals surface area contributed by atoms with Crippen LogP contribution in [0.15, 0.2) is 41.0 Å². The molecule has 0 radical (unpaired) electrons. The van der Waals surface area contributed by atoms with Gasteiger partial charge in [0.2, 0.25) is 17.7 Å². The number of benzene rings is 1. The minimum Gasteiger partial charge on any atom is -0.464 e. The Bertz CT molecular complexity index is 1380. The Morgan fingerprint density at radius 3 is 2.75 bits per heavy atom. The van der Waals surface area contributed by atoms with Crippen molar-refractivity contribution in [3.63, 3.8) is 0 Å². The summed E-state index contributed by atoms with van der Waals surface area (Å²) in [6.45, 7) is 8.72. The molecule has 3 atom stereocenters. The van der Waals surface area contributed by atoms with Gasteiger partial charge in [-0.2, -0.15) is 0 Å². The summed E-state index contributed by atoms with van der Waals surface area (Å²) in [4.78, 5) is 48.2. The number of aromatic nitrogens is 1. The van der Waals surface area contributed by atoms with Gasteiger partial charge in [-0.05, 0) is 63.8 Å². The van der Waals surface area contributed by atoms with Crippen molar-refractivity contribution in [2.24, 2.45) is 11.8 Å². The number of fused-ring (bicyclic) bond motifs is 5. The average Bonchev–Trinajstić information content (AvgIpc) is 3.62. The number of methoxy groups -OCH3 is 1. The average molecular weight is 549 g/mol. The van der Waals surface area contributed by atoms with E-state index in [9.17, 15) is 14.4 Å². The van der Waals surface area contributed by atoms with Crippen LogP contribution in [-0.4, -0.2) is 72.4 Å². The predicted octanol–water partition coefficient (Wildman–Crippen LogP) is 4.08. The van der Waals surface area contributed by atoms with Crippen LogP contribution < -0.4 is 5.32 Å². The van der Waals surface area contributed by atoms with Crippen LogP contribution in [0, 0.1) is 11.8 Å². The molecule has 3 amide bonds. The molecule has 9 heteroatoms. The lowest BCUT2D eigenvalue weighted by Crippen LogP contribution is -2.64. The zero-order valence-electron chi connectivity index (χ0n) is 23.9. The third-order valence-corrected chi connectivity index (χ3v) is 8.83. The number of hydrogen-bond acceptors (Lipinski definition) is 5. The first-order valence-corrected chi connectivity index (χ1v) is 14.4. The number of hydrogen-bond donors (Lipinski definition) is 2. The molecule has 40 heavy (non-hydrogen) atoms. The second-order valence-corrected chi connectivity index (χ2v) is 11.0. The molecular formula is C31H40N4O5. The third-order valence-electron chi connectivity index (χ3n) is 8.83. The molecule has 9 nitrogen and oxygen atoms in total. The molecule has 3 aromatic rings. The van der Waals surface area contributed by atoms with E-state index < -0.39 is 17.4 Å². The minimum absolute atomic E-state index is 0.0262. The summed E-state index contributed by atoms with van der Waals surface area (Å²) in [5, 5.41) is 4.01. The molecule has 4 heterocycles. The SMILES string of the molecule is CCN(CC)C(=O)[C@H]1C[C@H](CC(=O)NCCCOC)C(=O)N2CCc3c([nH]c4cc(-c5ccco5)ccc34)[C@]12C. The molecule has 2 aliphatic heterocycles. The summed E-state index contributed by atoms with van der Waals surface area (Å²) in [7, 11) is 1.63. The Morgan fingerprint density at radius 1 is 1.25 bits per heavy atom. The van der Waals surface area contributed by atoms with Crippen molar-refractivity contribution in [1.29, 1.82) is 0 Å². The van der Waals surface area contributed by atoms with Crippen molar-refractivity contribution in [3.8, 4) is 11.3 Å². The third kappa shape index (κ3) is 4.80. The number of nitrogens with zero attached hydrogens (tertiary/aromatic N) is 2. The van der Waals surface area contributed by atoms with Crippen LogP contribution in [0.3, 0.4) is 0 Å². The van der Waals surface area contributed by atoms with Crippen LogP contribution in [0.5, 0.6) is 0 Å². The van der Waals surface area contributed by atoms with Crippen molar-refractivity contribution >= 4 is 28.6 Å². The van der Waals surface area contributed by atoms with Crippen molar-refractivity contribution in [3.05, 3.63) is 47.9 Å². The van der Waals surface area contributed by atoms with Gasteiger partial charge in [0.1, 0.15) is 5.76 Å². The molecule has 1 saturated heterocycles. The number of H-pyrrole nitrogens is 1. The Kier molecular flexibility index (Phi) is 8.03. The van der Waals surface area contributed by atoms with Crippen LogP contribution in [0.25, 0.3) is 22.2 Å². The Morgan fingerprint density at radius 2 is 2.05 bits per heavy atom. The van der Waals surface area contributed by atoms with Crippen LogP contribution >= 0.6 is 0 Å². The van der Waals surface area contributed by atoms with Gasteiger partial charge in [-0.1, -0.05) is 12.1 Å². The van der Waals surface area contributed by atoms with Crippen molar-refractivity contribution in [2.75, 3.05) is 39.9 Å². The monoisotopic (exact) mass is 548 g/mol. The highest BCUT2D eigenvalue weighted by molar-refractivity contribution is 5.93. The fraction of sp³-hybridized carbons (Fsp3) is 0.516. The molecule has 214 valence electrons. The number of furan rings is 1. The van der Waals surface area contributed by atoms with E-state index in [1.165, 1.54) is 0 Å². The second-order valence-electron chi connectivity index (χ2n) is 11.0.